The van der Waals surface area contributed by atoms with Crippen molar-refractivity contribution in [2.75, 3.05) is 7.11 Å². The van der Waals surface area contributed by atoms with Gasteiger partial charge in [0.2, 0.25) is 0 Å². The van der Waals surface area contributed by atoms with E-state index in [9.17, 15) is 5.11 Å². The quantitative estimate of drug-likeness (QED) is 0.524. The molecule has 0 spiro atoms. The number of benzene rings is 1. The molecule has 2 nitrogen and oxygen atoms in total. The number of fused-ring (bicyclic) bond motifs is 1. The number of ether oxygens (including phenoxy) is 1. The van der Waals surface area contributed by atoms with Crippen molar-refractivity contribution in [3.05, 3.63) is 75.6 Å². The maximum Gasteiger partial charge on any atom is 0.161 e. The summed E-state index contributed by atoms with van der Waals surface area (Å²) in [6.45, 7) is 6.59. The van der Waals surface area contributed by atoms with Gasteiger partial charge in [-0.25, -0.2) is 0 Å². The largest absolute Gasteiger partial charge is 0.504 e. The van der Waals surface area contributed by atoms with E-state index in [2.05, 4.69) is 50.3 Å². The lowest BCUT2D eigenvalue weighted by Gasteiger charge is -2.12. The number of phenolic OH excluding ortho intramolecular Hbond substituents is 1. The van der Waals surface area contributed by atoms with Gasteiger partial charge in [0, 0.05) is 10.8 Å². The smallest absolute Gasteiger partial charge is 0.161 e. The van der Waals surface area contributed by atoms with Crippen molar-refractivity contribution < 1.29 is 9.84 Å². The Hall–Kier alpha value is -2.13. The lowest BCUT2D eigenvalue weighted by molar-refractivity contribution is 0.373. The molecular weight excluding hydrogens is 352 g/mol. The van der Waals surface area contributed by atoms with Gasteiger partial charge in [-0.3, -0.25) is 0 Å². The van der Waals surface area contributed by atoms with Crippen molar-refractivity contribution in [1.82, 2.24) is 0 Å². The summed E-state index contributed by atoms with van der Waals surface area (Å²) in [5.74, 6) is 1.60. The molecule has 0 saturated carbocycles. The Balaban J connectivity index is 1.70. The minimum atomic E-state index is 0.181. The van der Waals surface area contributed by atoms with Gasteiger partial charge >= 0.3 is 0 Å². The van der Waals surface area contributed by atoms with Crippen LogP contribution >= 0.6 is 11.8 Å². The summed E-state index contributed by atoms with van der Waals surface area (Å²) in [6.07, 6.45) is 15.5. The number of allylic oxidation sites excluding steroid dienone is 10. The topological polar surface area (TPSA) is 29.5 Å². The lowest BCUT2D eigenvalue weighted by Crippen LogP contribution is -1.97. The van der Waals surface area contributed by atoms with Gasteiger partial charge < -0.3 is 9.84 Å². The van der Waals surface area contributed by atoms with Crippen molar-refractivity contribution >= 4 is 17.3 Å². The van der Waals surface area contributed by atoms with E-state index in [0.29, 0.717) is 17.6 Å². The average molecular weight is 381 g/mol. The van der Waals surface area contributed by atoms with Gasteiger partial charge in [-0.05, 0) is 60.8 Å². The van der Waals surface area contributed by atoms with E-state index >= 15 is 0 Å². The molecule has 1 N–H and O–H groups in total. The molecule has 1 aliphatic heterocycles. The van der Waals surface area contributed by atoms with Gasteiger partial charge in [-0.2, -0.15) is 0 Å². The van der Waals surface area contributed by atoms with Crippen LogP contribution in [0.3, 0.4) is 0 Å². The van der Waals surface area contributed by atoms with Crippen LogP contribution in [0.5, 0.6) is 11.5 Å². The molecule has 1 aromatic carbocycles. The van der Waals surface area contributed by atoms with Crippen LogP contribution in [-0.2, 0) is 0 Å². The van der Waals surface area contributed by atoms with Gasteiger partial charge in [-0.1, -0.05) is 66.8 Å². The van der Waals surface area contributed by atoms with Crippen LogP contribution in [0.2, 0.25) is 0 Å². The van der Waals surface area contributed by atoms with Gasteiger partial charge in [0.15, 0.2) is 11.5 Å². The molecule has 1 heterocycles. The number of phenols is 1. The molecule has 2 unspecified atom stereocenters. The highest BCUT2D eigenvalue weighted by Crippen LogP contribution is 2.52. The first-order chi connectivity index (χ1) is 13.0. The number of methoxy groups -OCH3 is 1. The Labute approximate surface area is 167 Å². The fourth-order valence-electron chi connectivity index (χ4n) is 3.46. The molecule has 0 radical (unpaired) electrons. The second kappa shape index (κ2) is 8.71. The zero-order valence-electron chi connectivity index (χ0n) is 16.5. The highest BCUT2D eigenvalue weighted by Gasteiger charge is 2.31. The van der Waals surface area contributed by atoms with Crippen LogP contribution in [0.15, 0.2) is 70.0 Å². The van der Waals surface area contributed by atoms with Gasteiger partial charge in [-0.15, -0.1) is 0 Å². The molecule has 3 rings (SSSR count). The van der Waals surface area contributed by atoms with Crippen LogP contribution in [0.4, 0.5) is 0 Å². The van der Waals surface area contributed by atoms with Crippen molar-refractivity contribution in [3.8, 4) is 11.5 Å². The van der Waals surface area contributed by atoms with Crippen LogP contribution in [-0.4, -0.2) is 12.2 Å². The summed E-state index contributed by atoms with van der Waals surface area (Å²) >= 11 is 1.93. The van der Waals surface area contributed by atoms with E-state index in [-0.39, 0.29) is 5.75 Å². The van der Waals surface area contributed by atoms with Crippen LogP contribution in [0, 0.1) is 11.8 Å². The molecule has 0 fully saturated rings. The minimum absolute atomic E-state index is 0.181. The summed E-state index contributed by atoms with van der Waals surface area (Å²) in [5.41, 5.74) is 3.82. The van der Waals surface area contributed by atoms with E-state index in [1.54, 1.807) is 13.2 Å². The Morgan fingerprint density at radius 3 is 2.89 bits per heavy atom. The molecule has 0 saturated heterocycles. The van der Waals surface area contributed by atoms with Crippen LogP contribution in [0.25, 0.3) is 5.57 Å². The zero-order chi connectivity index (χ0) is 19.4. The number of thioether (sulfide) groups is 1. The number of hydrogen-bond acceptors (Lipinski definition) is 3. The molecule has 0 bridgehead atoms. The Bertz CT molecular complexity index is 855. The van der Waals surface area contributed by atoms with E-state index in [4.69, 9.17) is 4.74 Å². The molecular formula is C24H28O2S. The van der Waals surface area contributed by atoms with Crippen molar-refractivity contribution in [2.45, 2.75) is 33.6 Å². The van der Waals surface area contributed by atoms with E-state index in [1.807, 2.05) is 30.8 Å². The first kappa shape index (κ1) is 19.6. The lowest BCUT2D eigenvalue weighted by atomic mass is 9.92. The summed E-state index contributed by atoms with van der Waals surface area (Å²) < 4.78 is 5.27. The van der Waals surface area contributed by atoms with E-state index in [1.165, 1.54) is 27.4 Å². The molecule has 3 heteroatoms. The van der Waals surface area contributed by atoms with E-state index in [0.717, 1.165) is 12.0 Å². The fourth-order valence-corrected chi connectivity index (χ4v) is 4.72. The normalized spacial score (nSPS) is 20.4. The van der Waals surface area contributed by atoms with Crippen molar-refractivity contribution in [3.63, 3.8) is 0 Å². The van der Waals surface area contributed by atoms with Crippen molar-refractivity contribution in [2.24, 2.45) is 11.8 Å². The summed E-state index contributed by atoms with van der Waals surface area (Å²) in [7, 11) is 1.59. The number of rotatable bonds is 7. The molecule has 142 valence electrons. The van der Waals surface area contributed by atoms with Crippen LogP contribution in [0.1, 0.15) is 39.2 Å². The zero-order valence-corrected chi connectivity index (χ0v) is 17.3. The Kier molecular flexibility index (Phi) is 6.33. The molecule has 0 aromatic heterocycles. The maximum absolute atomic E-state index is 9.86. The van der Waals surface area contributed by atoms with Crippen LogP contribution < -0.4 is 4.74 Å². The molecule has 27 heavy (non-hydrogen) atoms. The Morgan fingerprint density at radius 1 is 1.33 bits per heavy atom. The Morgan fingerprint density at radius 2 is 2.15 bits per heavy atom. The third kappa shape index (κ3) is 4.41. The number of aromatic hydroxyl groups is 1. The first-order valence-corrected chi connectivity index (χ1v) is 10.3. The van der Waals surface area contributed by atoms with E-state index < -0.39 is 0 Å². The third-order valence-electron chi connectivity index (χ3n) is 5.18. The monoisotopic (exact) mass is 380 g/mol. The highest BCUT2D eigenvalue weighted by molar-refractivity contribution is 8.07. The van der Waals surface area contributed by atoms with Gasteiger partial charge in [0.25, 0.3) is 0 Å². The van der Waals surface area contributed by atoms with Gasteiger partial charge in [0.1, 0.15) is 0 Å². The second-order valence-corrected chi connectivity index (χ2v) is 8.35. The minimum Gasteiger partial charge on any atom is -0.504 e. The average Bonchev–Trinajstić information content (AvgIpc) is 3.25. The highest BCUT2D eigenvalue weighted by atomic mass is 32.2. The summed E-state index contributed by atoms with van der Waals surface area (Å²) in [4.78, 5) is 2.88. The molecule has 0 amide bonds. The predicted octanol–water partition coefficient (Wildman–Crippen LogP) is 6.87. The first-order valence-electron chi connectivity index (χ1n) is 9.50. The number of hydrogen-bond donors (Lipinski definition) is 1. The standard InChI is InChI=1S/C24H28O2S/c1-5-6-7-16(2)8-9-17(3)24-15-20-19(11-13-23(20)27-24)18-10-12-21(25)22(14-18)26-4/h5-7,10-15,17,20,25H,8-9H2,1-4H3. The van der Waals surface area contributed by atoms with Crippen molar-refractivity contribution in [1.29, 1.82) is 0 Å². The van der Waals surface area contributed by atoms with Gasteiger partial charge in [0.05, 0.1) is 7.11 Å². The molecule has 2 aliphatic rings. The second-order valence-electron chi connectivity index (χ2n) is 7.20. The molecule has 2 atom stereocenters. The molecule has 1 aliphatic carbocycles. The summed E-state index contributed by atoms with van der Waals surface area (Å²) in [5, 5.41) is 9.86. The predicted molar refractivity (Wildman–Crippen MR) is 117 cm³/mol. The maximum atomic E-state index is 9.86. The third-order valence-corrected chi connectivity index (χ3v) is 6.58. The fraction of sp³-hybridized carbons (Fsp3) is 0.333. The SMILES string of the molecule is CC=CC=C(C)CCC(C)C1=CC2C(=CC=C2c2ccc(O)c(OC)c2)S1. The molecule has 1 aromatic rings. The summed E-state index contributed by atoms with van der Waals surface area (Å²) in [6, 6.07) is 5.60.